The molecule has 0 amide bonds. The molecule has 6 nitrogen and oxygen atoms in total. The largest absolute Gasteiger partial charge is 0.504 e. The molecule has 0 radical (unpaired) electrons. The molecule has 2 aromatic carbocycles. The minimum atomic E-state index is -0.207. The fourth-order valence-electron chi connectivity index (χ4n) is 2.70. The molecule has 6 heteroatoms. The third-order valence-electron chi connectivity index (χ3n) is 4.09. The Morgan fingerprint density at radius 1 is 1.12 bits per heavy atom. The zero-order valence-corrected chi connectivity index (χ0v) is 14.3. The van der Waals surface area contributed by atoms with Gasteiger partial charge in [-0.05, 0) is 31.2 Å². The van der Waals surface area contributed by atoms with E-state index in [1.54, 1.807) is 21.5 Å². The standard InChI is InChI=1S/C19H19N3O3/c1-13-17(20-12-14-8-7-11-16(23)18(14)25-3)19(24)22(21(13)2)15-9-5-4-6-10-15/h4-12,23H,1-3H3. The second-order valence-corrected chi connectivity index (χ2v) is 5.57. The fourth-order valence-corrected chi connectivity index (χ4v) is 2.70. The fraction of sp³-hybridized carbons (Fsp3) is 0.158. The van der Waals surface area contributed by atoms with E-state index in [2.05, 4.69) is 4.99 Å². The van der Waals surface area contributed by atoms with Crippen molar-refractivity contribution in [2.45, 2.75) is 6.92 Å². The van der Waals surface area contributed by atoms with Gasteiger partial charge in [-0.3, -0.25) is 9.48 Å². The number of phenols is 1. The van der Waals surface area contributed by atoms with Gasteiger partial charge in [0.05, 0.1) is 18.5 Å². The van der Waals surface area contributed by atoms with Crippen molar-refractivity contribution in [3.05, 3.63) is 70.1 Å². The Morgan fingerprint density at radius 3 is 2.52 bits per heavy atom. The molecule has 0 unspecified atom stereocenters. The van der Waals surface area contributed by atoms with Crippen molar-refractivity contribution < 1.29 is 9.84 Å². The highest BCUT2D eigenvalue weighted by Crippen LogP contribution is 2.28. The van der Waals surface area contributed by atoms with Crippen molar-refractivity contribution in [1.29, 1.82) is 0 Å². The van der Waals surface area contributed by atoms with Gasteiger partial charge in [-0.25, -0.2) is 9.67 Å². The molecule has 0 saturated heterocycles. The van der Waals surface area contributed by atoms with Gasteiger partial charge >= 0.3 is 0 Å². The number of rotatable bonds is 4. The summed E-state index contributed by atoms with van der Waals surface area (Å²) in [7, 11) is 3.29. The van der Waals surface area contributed by atoms with Crippen LogP contribution in [0, 0.1) is 6.92 Å². The lowest BCUT2D eigenvalue weighted by Crippen LogP contribution is -2.19. The summed E-state index contributed by atoms with van der Waals surface area (Å²) >= 11 is 0. The summed E-state index contributed by atoms with van der Waals surface area (Å²) in [5.41, 5.74) is 2.24. The van der Waals surface area contributed by atoms with Crippen LogP contribution in [0.1, 0.15) is 11.3 Å². The Bertz CT molecular complexity index is 985. The Morgan fingerprint density at radius 2 is 1.84 bits per heavy atom. The first kappa shape index (κ1) is 16.6. The van der Waals surface area contributed by atoms with E-state index in [9.17, 15) is 9.90 Å². The van der Waals surface area contributed by atoms with Crippen LogP contribution in [-0.2, 0) is 7.05 Å². The highest BCUT2D eigenvalue weighted by molar-refractivity contribution is 5.86. The summed E-state index contributed by atoms with van der Waals surface area (Å²) in [4.78, 5) is 17.2. The number of ether oxygens (including phenoxy) is 1. The Hall–Kier alpha value is -3.28. The zero-order valence-electron chi connectivity index (χ0n) is 14.3. The van der Waals surface area contributed by atoms with E-state index in [-0.39, 0.29) is 11.3 Å². The molecule has 0 fully saturated rings. The summed E-state index contributed by atoms with van der Waals surface area (Å²) in [6.45, 7) is 1.84. The average Bonchev–Trinajstić information content (AvgIpc) is 2.83. The number of nitrogens with zero attached hydrogens (tertiary/aromatic N) is 3. The van der Waals surface area contributed by atoms with Crippen molar-refractivity contribution in [1.82, 2.24) is 9.36 Å². The van der Waals surface area contributed by atoms with Gasteiger partial charge in [0.2, 0.25) is 0 Å². The van der Waals surface area contributed by atoms with Crippen LogP contribution in [0.3, 0.4) is 0 Å². The SMILES string of the molecule is COc1c(O)cccc1C=Nc1c(C)n(C)n(-c2ccccc2)c1=O. The zero-order chi connectivity index (χ0) is 18.0. The van der Waals surface area contributed by atoms with Crippen molar-refractivity contribution in [2.75, 3.05) is 7.11 Å². The molecule has 1 aromatic heterocycles. The molecule has 0 aliphatic rings. The number of aromatic nitrogens is 2. The lowest BCUT2D eigenvalue weighted by atomic mass is 10.2. The van der Waals surface area contributed by atoms with Crippen molar-refractivity contribution in [2.24, 2.45) is 12.0 Å². The lowest BCUT2D eigenvalue weighted by molar-refractivity contribution is 0.373. The molecule has 1 N–H and O–H groups in total. The van der Waals surface area contributed by atoms with Gasteiger partial charge in [-0.15, -0.1) is 0 Å². The number of methoxy groups -OCH3 is 1. The summed E-state index contributed by atoms with van der Waals surface area (Å²) in [6, 6.07) is 14.4. The number of aromatic hydroxyl groups is 1. The molecule has 128 valence electrons. The topological polar surface area (TPSA) is 68.8 Å². The molecule has 0 saturated carbocycles. The number of hydrogen-bond donors (Lipinski definition) is 1. The van der Waals surface area contributed by atoms with Crippen LogP contribution in [0.2, 0.25) is 0 Å². The first-order valence-electron chi connectivity index (χ1n) is 7.78. The van der Waals surface area contributed by atoms with Gasteiger partial charge in [0.25, 0.3) is 5.56 Å². The van der Waals surface area contributed by atoms with Gasteiger partial charge in [0.15, 0.2) is 17.2 Å². The molecule has 25 heavy (non-hydrogen) atoms. The highest BCUT2D eigenvalue weighted by Gasteiger charge is 2.15. The number of benzene rings is 2. The summed E-state index contributed by atoms with van der Waals surface area (Å²) in [5.74, 6) is 0.348. The van der Waals surface area contributed by atoms with Crippen molar-refractivity contribution in [3.63, 3.8) is 0 Å². The van der Waals surface area contributed by atoms with Crippen LogP contribution in [0.4, 0.5) is 5.69 Å². The number of para-hydroxylation sites is 2. The van der Waals surface area contributed by atoms with Gasteiger partial charge in [0, 0.05) is 18.8 Å². The summed E-state index contributed by atoms with van der Waals surface area (Å²) in [5, 5.41) is 9.84. The number of aliphatic imine (C=N–C) groups is 1. The highest BCUT2D eigenvalue weighted by atomic mass is 16.5. The molecular weight excluding hydrogens is 318 g/mol. The van der Waals surface area contributed by atoms with E-state index in [4.69, 9.17) is 4.74 Å². The normalized spacial score (nSPS) is 11.2. The smallest absolute Gasteiger partial charge is 0.297 e. The summed E-state index contributed by atoms with van der Waals surface area (Å²) in [6.07, 6.45) is 1.53. The molecule has 0 bridgehead atoms. The van der Waals surface area contributed by atoms with E-state index in [1.165, 1.54) is 19.4 Å². The van der Waals surface area contributed by atoms with E-state index in [1.807, 2.05) is 44.3 Å². The third kappa shape index (κ3) is 2.94. The number of phenolic OH excluding ortho intramolecular Hbond substituents is 1. The minimum Gasteiger partial charge on any atom is -0.504 e. The van der Waals surface area contributed by atoms with Gasteiger partial charge < -0.3 is 9.84 Å². The predicted molar refractivity (Wildman–Crippen MR) is 97.7 cm³/mol. The van der Waals surface area contributed by atoms with E-state index >= 15 is 0 Å². The van der Waals surface area contributed by atoms with Crippen LogP contribution in [0.25, 0.3) is 5.69 Å². The maximum absolute atomic E-state index is 12.8. The second kappa shape index (κ2) is 6.68. The van der Waals surface area contributed by atoms with Crippen LogP contribution < -0.4 is 10.3 Å². The quantitative estimate of drug-likeness (QED) is 0.744. The van der Waals surface area contributed by atoms with Gasteiger partial charge in [0.1, 0.15) is 0 Å². The predicted octanol–water partition coefficient (Wildman–Crippen LogP) is 2.95. The molecule has 0 spiro atoms. The average molecular weight is 337 g/mol. The molecule has 3 aromatic rings. The lowest BCUT2D eigenvalue weighted by Gasteiger charge is -2.07. The maximum atomic E-state index is 12.8. The molecule has 1 heterocycles. The van der Waals surface area contributed by atoms with Crippen LogP contribution in [0.5, 0.6) is 11.5 Å². The second-order valence-electron chi connectivity index (χ2n) is 5.57. The van der Waals surface area contributed by atoms with Crippen LogP contribution >= 0.6 is 0 Å². The van der Waals surface area contributed by atoms with Crippen LogP contribution in [-0.4, -0.2) is 27.8 Å². The van der Waals surface area contributed by atoms with E-state index < -0.39 is 0 Å². The van der Waals surface area contributed by atoms with E-state index in [0.29, 0.717) is 17.0 Å². The Balaban J connectivity index is 2.09. The van der Waals surface area contributed by atoms with Crippen LogP contribution in [0.15, 0.2) is 58.3 Å². The first-order valence-corrected chi connectivity index (χ1v) is 7.78. The maximum Gasteiger partial charge on any atom is 0.297 e. The molecule has 0 aliphatic heterocycles. The molecule has 0 atom stereocenters. The van der Waals surface area contributed by atoms with Crippen molar-refractivity contribution >= 4 is 11.9 Å². The molecule has 0 aliphatic carbocycles. The van der Waals surface area contributed by atoms with Crippen molar-refractivity contribution in [3.8, 4) is 17.2 Å². The Kier molecular flexibility index (Phi) is 4.43. The third-order valence-corrected chi connectivity index (χ3v) is 4.09. The summed E-state index contributed by atoms with van der Waals surface area (Å²) < 4.78 is 8.53. The first-order chi connectivity index (χ1) is 12.0. The minimum absolute atomic E-state index is 0.0259. The molecule has 3 rings (SSSR count). The monoisotopic (exact) mass is 337 g/mol. The van der Waals surface area contributed by atoms with E-state index in [0.717, 1.165) is 11.4 Å². The Labute approximate surface area is 145 Å². The van der Waals surface area contributed by atoms with Gasteiger partial charge in [-0.1, -0.05) is 24.3 Å². The number of hydrogen-bond acceptors (Lipinski definition) is 4. The molecular formula is C19H19N3O3. The van der Waals surface area contributed by atoms with Gasteiger partial charge in [-0.2, -0.15) is 0 Å².